The second kappa shape index (κ2) is 4.76. The lowest BCUT2D eigenvalue weighted by Crippen LogP contribution is -2.13. The minimum Gasteiger partial charge on any atom is -0.238 e. The van der Waals surface area contributed by atoms with Gasteiger partial charge in [0.05, 0.1) is 0 Å². The van der Waals surface area contributed by atoms with Crippen LogP contribution in [0.5, 0.6) is 0 Å². The Morgan fingerprint density at radius 1 is 1.45 bits per heavy atom. The van der Waals surface area contributed by atoms with Crippen molar-refractivity contribution in [3.63, 3.8) is 0 Å². The van der Waals surface area contributed by atoms with Crippen molar-refractivity contribution in [3.05, 3.63) is 0 Å². The van der Waals surface area contributed by atoms with E-state index in [-0.39, 0.29) is 0 Å². The summed E-state index contributed by atoms with van der Waals surface area (Å²) < 4.78 is 0. The Labute approximate surface area is 70.6 Å². The van der Waals surface area contributed by atoms with Crippen LogP contribution in [0.1, 0.15) is 46.0 Å². The molecular weight excluding hydrogens is 134 g/mol. The van der Waals surface area contributed by atoms with Crippen LogP contribution < -0.4 is 5.32 Å². The fourth-order valence-electron chi connectivity index (χ4n) is 1.69. The summed E-state index contributed by atoms with van der Waals surface area (Å²) in [4.78, 5) is 0. The van der Waals surface area contributed by atoms with Crippen LogP contribution in [0.2, 0.25) is 0 Å². The van der Waals surface area contributed by atoms with Gasteiger partial charge in [-0.15, -0.1) is 0 Å². The molecule has 0 amide bonds. The van der Waals surface area contributed by atoms with E-state index in [1.54, 1.807) is 0 Å². The van der Waals surface area contributed by atoms with Gasteiger partial charge in [-0.3, -0.25) is 0 Å². The first-order chi connectivity index (χ1) is 5.29. The first kappa shape index (κ1) is 9.05. The van der Waals surface area contributed by atoms with Crippen LogP contribution >= 0.6 is 0 Å². The minimum atomic E-state index is 0.730. The molecule has 65 valence electrons. The largest absolute Gasteiger partial charge is 0.238 e. The third-order valence-corrected chi connectivity index (χ3v) is 2.40. The van der Waals surface area contributed by atoms with Crippen molar-refractivity contribution in [2.75, 3.05) is 6.54 Å². The summed E-state index contributed by atoms with van der Waals surface area (Å²) in [6, 6.07) is 0.730. The zero-order valence-electron chi connectivity index (χ0n) is 7.84. The lowest BCUT2D eigenvalue weighted by atomic mass is 10.0. The number of hydrogen-bond acceptors (Lipinski definition) is 0. The van der Waals surface area contributed by atoms with Crippen molar-refractivity contribution in [3.8, 4) is 0 Å². The number of hydrogen-bond donors (Lipinski definition) is 0. The van der Waals surface area contributed by atoms with Crippen molar-refractivity contribution in [1.82, 2.24) is 5.32 Å². The first-order valence-electron chi connectivity index (χ1n) is 4.95. The summed E-state index contributed by atoms with van der Waals surface area (Å²) in [5, 5.41) is 4.53. The molecule has 0 bridgehead atoms. The van der Waals surface area contributed by atoms with Crippen LogP contribution in [0.3, 0.4) is 0 Å². The first-order valence-corrected chi connectivity index (χ1v) is 4.95. The highest BCUT2D eigenvalue weighted by molar-refractivity contribution is 4.73. The molecule has 1 aliphatic heterocycles. The van der Waals surface area contributed by atoms with Crippen molar-refractivity contribution in [2.45, 2.75) is 52.0 Å². The van der Waals surface area contributed by atoms with Crippen LogP contribution in [0.15, 0.2) is 0 Å². The minimum absolute atomic E-state index is 0.730. The average molecular weight is 154 g/mol. The zero-order valence-corrected chi connectivity index (χ0v) is 7.84. The van der Waals surface area contributed by atoms with Crippen molar-refractivity contribution in [1.29, 1.82) is 0 Å². The van der Waals surface area contributed by atoms with Gasteiger partial charge >= 0.3 is 0 Å². The fraction of sp³-hybridized carbons (Fsp3) is 1.00. The SMILES string of the molecule is CC(C)CCCC1CCC[N]1. The van der Waals surface area contributed by atoms with Crippen LogP contribution in [-0.4, -0.2) is 12.6 Å². The standard InChI is InChI=1S/C10H20N/c1-9(2)5-3-6-10-7-4-8-11-10/h9-10H,3-8H2,1-2H3. The van der Waals surface area contributed by atoms with Gasteiger partial charge in [-0.1, -0.05) is 26.7 Å². The molecule has 1 nitrogen and oxygen atoms in total. The highest BCUT2D eigenvalue weighted by atomic mass is 14.9. The van der Waals surface area contributed by atoms with E-state index in [4.69, 9.17) is 0 Å². The molecule has 1 unspecified atom stereocenters. The molecule has 1 rings (SSSR count). The summed E-state index contributed by atoms with van der Waals surface area (Å²) in [7, 11) is 0. The summed E-state index contributed by atoms with van der Waals surface area (Å²) >= 11 is 0. The monoisotopic (exact) mass is 154 g/mol. The fourth-order valence-corrected chi connectivity index (χ4v) is 1.69. The number of rotatable bonds is 4. The topological polar surface area (TPSA) is 14.1 Å². The molecule has 1 atom stereocenters. The van der Waals surface area contributed by atoms with E-state index in [1.807, 2.05) is 0 Å². The number of nitrogens with zero attached hydrogens (tertiary/aromatic N) is 1. The average Bonchev–Trinajstić information content (AvgIpc) is 2.39. The molecule has 0 aliphatic carbocycles. The third kappa shape index (κ3) is 3.76. The van der Waals surface area contributed by atoms with Crippen molar-refractivity contribution >= 4 is 0 Å². The summed E-state index contributed by atoms with van der Waals surface area (Å²) in [5.41, 5.74) is 0. The Hall–Kier alpha value is -0.0400. The van der Waals surface area contributed by atoms with E-state index in [1.165, 1.54) is 32.1 Å². The predicted molar refractivity (Wildman–Crippen MR) is 48.7 cm³/mol. The highest BCUT2D eigenvalue weighted by Gasteiger charge is 2.14. The van der Waals surface area contributed by atoms with E-state index in [2.05, 4.69) is 19.2 Å². The van der Waals surface area contributed by atoms with Crippen molar-refractivity contribution < 1.29 is 0 Å². The molecular formula is C10H20N. The van der Waals surface area contributed by atoms with Crippen molar-refractivity contribution in [2.24, 2.45) is 5.92 Å². The molecule has 1 heterocycles. The molecule has 1 aliphatic rings. The smallest absolute Gasteiger partial charge is 0.0246 e. The molecule has 1 heteroatoms. The normalized spacial score (nSPS) is 24.8. The molecule has 0 aromatic heterocycles. The maximum atomic E-state index is 4.53. The summed E-state index contributed by atoms with van der Waals surface area (Å²) in [6.45, 7) is 5.73. The van der Waals surface area contributed by atoms with Crippen LogP contribution in [-0.2, 0) is 0 Å². The molecule has 1 saturated heterocycles. The van der Waals surface area contributed by atoms with Gasteiger partial charge in [-0.05, 0) is 25.2 Å². The molecule has 0 spiro atoms. The molecule has 1 radical (unpaired) electrons. The maximum Gasteiger partial charge on any atom is 0.0246 e. The van der Waals surface area contributed by atoms with Crippen LogP contribution in [0.25, 0.3) is 0 Å². The third-order valence-electron chi connectivity index (χ3n) is 2.40. The summed E-state index contributed by atoms with van der Waals surface area (Å²) in [6.07, 6.45) is 6.81. The zero-order chi connectivity index (χ0) is 8.10. The lowest BCUT2D eigenvalue weighted by Gasteiger charge is -2.08. The van der Waals surface area contributed by atoms with E-state index in [0.29, 0.717) is 0 Å². The van der Waals surface area contributed by atoms with Gasteiger partial charge in [0.25, 0.3) is 0 Å². The molecule has 1 fully saturated rings. The highest BCUT2D eigenvalue weighted by Crippen LogP contribution is 2.15. The van der Waals surface area contributed by atoms with Gasteiger partial charge in [0.2, 0.25) is 0 Å². The molecule has 0 saturated carbocycles. The van der Waals surface area contributed by atoms with Crippen LogP contribution in [0.4, 0.5) is 0 Å². The van der Waals surface area contributed by atoms with Gasteiger partial charge in [0.15, 0.2) is 0 Å². The van der Waals surface area contributed by atoms with Crippen LogP contribution in [0, 0.1) is 5.92 Å². The maximum absolute atomic E-state index is 4.53. The van der Waals surface area contributed by atoms with Gasteiger partial charge in [0, 0.05) is 12.6 Å². The Bertz CT molecular complexity index is 93.0. The van der Waals surface area contributed by atoms with Gasteiger partial charge in [0.1, 0.15) is 0 Å². The van der Waals surface area contributed by atoms with Gasteiger partial charge in [-0.2, -0.15) is 0 Å². The quantitative estimate of drug-likeness (QED) is 0.591. The predicted octanol–water partition coefficient (Wildman–Crippen LogP) is 2.58. The molecule has 11 heavy (non-hydrogen) atoms. The Kier molecular flexibility index (Phi) is 3.92. The summed E-state index contributed by atoms with van der Waals surface area (Å²) in [5.74, 6) is 0.872. The lowest BCUT2D eigenvalue weighted by molar-refractivity contribution is 0.472. The Morgan fingerprint density at radius 3 is 2.82 bits per heavy atom. The Balaban J connectivity index is 1.94. The van der Waals surface area contributed by atoms with Gasteiger partial charge < -0.3 is 0 Å². The second-order valence-corrected chi connectivity index (χ2v) is 4.03. The van der Waals surface area contributed by atoms with E-state index < -0.39 is 0 Å². The van der Waals surface area contributed by atoms with E-state index in [9.17, 15) is 0 Å². The van der Waals surface area contributed by atoms with E-state index >= 15 is 0 Å². The molecule has 0 aromatic carbocycles. The second-order valence-electron chi connectivity index (χ2n) is 4.03. The molecule has 0 aromatic rings. The van der Waals surface area contributed by atoms with E-state index in [0.717, 1.165) is 18.5 Å². The van der Waals surface area contributed by atoms with Gasteiger partial charge in [-0.25, -0.2) is 5.32 Å². The molecule has 0 N–H and O–H groups in total. The Morgan fingerprint density at radius 2 is 2.27 bits per heavy atom.